The van der Waals surface area contributed by atoms with Crippen molar-refractivity contribution in [3.05, 3.63) is 27.8 Å². The van der Waals surface area contributed by atoms with Crippen LogP contribution < -0.4 is 4.74 Å². The Morgan fingerprint density at radius 2 is 2.07 bits per heavy atom. The van der Waals surface area contributed by atoms with Gasteiger partial charge in [-0.3, -0.25) is 4.79 Å². The summed E-state index contributed by atoms with van der Waals surface area (Å²) in [5.74, 6) is 0.716. The number of halogens is 1. The van der Waals surface area contributed by atoms with Gasteiger partial charge >= 0.3 is 0 Å². The molecule has 14 heavy (non-hydrogen) atoms. The Hall–Kier alpha value is -0.780. The van der Waals surface area contributed by atoms with E-state index >= 15 is 0 Å². The first-order valence-electron chi connectivity index (χ1n) is 4.18. The van der Waals surface area contributed by atoms with Crippen molar-refractivity contribution >= 4 is 28.5 Å². The van der Waals surface area contributed by atoms with Gasteiger partial charge in [0.25, 0.3) is 5.91 Å². The number of hydrogen-bond donors (Lipinski definition) is 0. The minimum absolute atomic E-state index is 0.0374. The Morgan fingerprint density at radius 1 is 1.43 bits per heavy atom. The van der Waals surface area contributed by atoms with Gasteiger partial charge in [0, 0.05) is 14.1 Å². The van der Waals surface area contributed by atoms with Crippen molar-refractivity contribution in [3.8, 4) is 5.75 Å². The summed E-state index contributed by atoms with van der Waals surface area (Å²) >= 11 is 2.17. The molecule has 0 saturated carbocycles. The van der Waals surface area contributed by atoms with Gasteiger partial charge in [0.1, 0.15) is 5.75 Å². The third kappa shape index (κ3) is 3.17. The predicted molar refractivity (Wildman–Crippen MR) is 63.3 cm³/mol. The van der Waals surface area contributed by atoms with E-state index in [1.54, 1.807) is 14.1 Å². The molecule has 0 bridgehead atoms. The molecule has 0 aliphatic rings. The number of ether oxygens (including phenoxy) is 1. The maximum atomic E-state index is 11.2. The lowest BCUT2D eigenvalue weighted by Crippen LogP contribution is -2.27. The number of likely N-dealkylation sites (N-methyl/N-ethyl adjacent to an activating group) is 1. The van der Waals surface area contributed by atoms with Gasteiger partial charge in [-0.2, -0.15) is 0 Å². The summed E-state index contributed by atoms with van der Waals surface area (Å²) < 4.78 is 6.37. The number of nitrogens with zero attached hydrogens (tertiary/aromatic N) is 1. The number of para-hydroxylation sites is 1. The second kappa shape index (κ2) is 5.19. The highest BCUT2D eigenvalue weighted by atomic mass is 127. The van der Waals surface area contributed by atoms with Crippen LogP contribution in [0.5, 0.6) is 5.75 Å². The smallest absolute Gasteiger partial charge is 0.259 e. The lowest BCUT2D eigenvalue weighted by atomic mass is 10.3. The number of carbonyl (C=O) groups excluding carboxylic acids is 1. The van der Waals surface area contributed by atoms with Crippen molar-refractivity contribution in [2.45, 2.75) is 0 Å². The molecule has 1 aromatic carbocycles. The molecule has 76 valence electrons. The minimum Gasteiger partial charge on any atom is -0.483 e. The van der Waals surface area contributed by atoms with Crippen LogP contribution in [0.15, 0.2) is 24.3 Å². The molecule has 0 saturated heterocycles. The van der Waals surface area contributed by atoms with Crippen LogP contribution in [0.4, 0.5) is 0 Å². The molecule has 0 radical (unpaired) electrons. The topological polar surface area (TPSA) is 29.5 Å². The van der Waals surface area contributed by atoms with E-state index in [9.17, 15) is 4.79 Å². The van der Waals surface area contributed by atoms with Gasteiger partial charge in [-0.1, -0.05) is 12.1 Å². The lowest BCUT2D eigenvalue weighted by Gasteiger charge is -2.11. The molecule has 0 unspecified atom stereocenters. The maximum absolute atomic E-state index is 11.2. The van der Waals surface area contributed by atoms with Crippen molar-refractivity contribution in [1.82, 2.24) is 4.90 Å². The average Bonchev–Trinajstić information content (AvgIpc) is 2.16. The average molecular weight is 305 g/mol. The number of carbonyl (C=O) groups is 1. The summed E-state index contributed by atoms with van der Waals surface area (Å²) in [5.41, 5.74) is 0. The molecule has 1 aromatic rings. The lowest BCUT2D eigenvalue weighted by molar-refractivity contribution is -0.130. The first-order valence-corrected chi connectivity index (χ1v) is 5.26. The molecule has 0 heterocycles. The highest BCUT2D eigenvalue weighted by molar-refractivity contribution is 14.1. The molecular formula is C10H12INO2. The highest BCUT2D eigenvalue weighted by Gasteiger charge is 2.05. The summed E-state index contributed by atoms with van der Waals surface area (Å²) in [6.45, 7) is 0.0903. The molecule has 3 nitrogen and oxygen atoms in total. The third-order valence-electron chi connectivity index (χ3n) is 1.69. The van der Waals surface area contributed by atoms with E-state index in [1.165, 1.54) is 4.90 Å². The van der Waals surface area contributed by atoms with E-state index in [0.717, 1.165) is 9.32 Å². The number of benzene rings is 1. The Labute approximate surface area is 97.2 Å². The van der Waals surface area contributed by atoms with Crippen LogP contribution in [0.3, 0.4) is 0 Å². The van der Waals surface area contributed by atoms with Crippen molar-refractivity contribution in [2.75, 3.05) is 20.7 Å². The zero-order valence-electron chi connectivity index (χ0n) is 8.16. The Bertz CT molecular complexity index is 326. The van der Waals surface area contributed by atoms with Crippen molar-refractivity contribution in [3.63, 3.8) is 0 Å². The van der Waals surface area contributed by atoms with E-state index in [-0.39, 0.29) is 12.5 Å². The van der Waals surface area contributed by atoms with E-state index in [1.807, 2.05) is 24.3 Å². The molecular weight excluding hydrogens is 293 g/mol. The molecule has 1 rings (SSSR count). The standard InChI is InChI=1S/C10H12INO2/c1-12(2)10(13)7-14-9-6-4-3-5-8(9)11/h3-6H,7H2,1-2H3. The number of rotatable bonds is 3. The van der Waals surface area contributed by atoms with Crippen LogP contribution in [-0.2, 0) is 4.79 Å². The summed E-state index contributed by atoms with van der Waals surface area (Å²) in [6.07, 6.45) is 0. The first-order chi connectivity index (χ1) is 6.61. The molecule has 4 heteroatoms. The van der Waals surface area contributed by atoms with Crippen LogP contribution >= 0.6 is 22.6 Å². The van der Waals surface area contributed by atoms with Crippen molar-refractivity contribution in [1.29, 1.82) is 0 Å². The van der Waals surface area contributed by atoms with Gasteiger partial charge in [0.2, 0.25) is 0 Å². The SMILES string of the molecule is CN(C)C(=O)COc1ccccc1I. The molecule has 0 atom stereocenters. The molecule has 0 spiro atoms. The van der Waals surface area contributed by atoms with E-state index in [2.05, 4.69) is 22.6 Å². The molecule has 0 N–H and O–H groups in total. The summed E-state index contributed by atoms with van der Waals surface area (Å²) in [4.78, 5) is 12.7. The van der Waals surface area contributed by atoms with E-state index in [4.69, 9.17) is 4.74 Å². The zero-order chi connectivity index (χ0) is 10.6. The molecule has 0 fully saturated rings. The van der Waals surface area contributed by atoms with Crippen LogP contribution in [0.25, 0.3) is 0 Å². The highest BCUT2D eigenvalue weighted by Crippen LogP contribution is 2.19. The molecule has 0 aliphatic carbocycles. The summed E-state index contributed by atoms with van der Waals surface area (Å²) in [7, 11) is 3.42. The normalized spacial score (nSPS) is 9.64. The summed E-state index contributed by atoms with van der Waals surface area (Å²) in [6, 6.07) is 7.61. The quantitative estimate of drug-likeness (QED) is 0.797. The van der Waals surface area contributed by atoms with Crippen LogP contribution in [-0.4, -0.2) is 31.5 Å². The van der Waals surface area contributed by atoms with E-state index in [0.29, 0.717) is 0 Å². The van der Waals surface area contributed by atoms with E-state index < -0.39 is 0 Å². The maximum Gasteiger partial charge on any atom is 0.259 e. The molecule has 0 aromatic heterocycles. The monoisotopic (exact) mass is 305 g/mol. The third-order valence-corrected chi connectivity index (χ3v) is 2.58. The predicted octanol–water partition coefficient (Wildman–Crippen LogP) is 1.76. The second-order valence-electron chi connectivity index (χ2n) is 3.01. The summed E-state index contributed by atoms with van der Waals surface area (Å²) in [5, 5.41) is 0. The van der Waals surface area contributed by atoms with Crippen molar-refractivity contribution in [2.24, 2.45) is 0 Å². The van der Waals surface area contributed by atoms with Gasteiger partial charge < -0.3 is 9.64 Å². The number of amides is 1. The minimum atomic E-state index is -0.0374. The fraction of sp³-hybridized carbons (Fsp3) is 0.300. The molecule has 1 amide bonds. The first kappa shape index (κ1) is 11.3. The second-order valence-corrected chi connectivity index (χ2v) is 4.17. The van der Waals surface area contributed by atoms with Crippen molar-refractivity contribution < 1.29 is 9.53 Å². The fourth-order valence-electron chi connectivity index (χ4n) is 0.830. The van der Waals surface area contributed by atoms with Crippen LogP contribution in [0.2, 0.25) is 0 Å². The Morgan fingerprint density at radius 3 is 2.64 bits per heavy atom. The van der Waals surface area contributed by atoms with Gasteiger partial charge in [0.05, 0.1) is 3.57 Å². The van der Waals surface area contributed by atoms with Gasteiger partial charge in [0.15, 0.2) is 6.61 Å². The largest absolute Gasteiger partial charge is 0.483 e. The Kier molecular flexibility index (Phi) is 4.19. The van der Waals surface area contributed by atoms with Crippen LogP contribution in [0.1, 0.15) is 0 Å². The van der Waals surface area contributed by atoms with Gasteiger partial charge in [-0.05, 0) is 34.7 Å². The zero-order valence-corrected chi connectivity index (χ0v) is 10.3. The molecule has 0 aliphatic heterocycles. The Balaban J connectivity index is 2.54. The van der Waals surface area contributed by atoms with Crippen LogP contribution in [0, 0.1) is 3.57 Å². The fourth-order valence-corrected chi connectivity index (χ4v) is 1.37. The number of hydrogen-bond acceptors (Lipinski definition) is 2. The van der Waals surface area contributed by atoms with Gasteiger partial charge in [-0.25, -0.2) is 0 Å². The van der Waals surface area contributed by atoms with Gasteiger partial charge in [-0.15, -0.1) is 0 Å².